The zero-order valence-corrected chi connectivity index (χ0v) is 16.9. The number of rotatable bonds is 4. The van der Waals surface area contributed by atoms with Crippen LogP contribution in [0.2, 0.25) is 0 Å². The molecule has 2 aromatic rings. The molecule has 148 valence electrons. The van der Waals surface area contributed by atoms with Crippen molar-refractivity contribution in [3.05, 3.63) is 29.6 Å². The Morgan fingerprint density at radius 2 is 2.19 bits per heavy atom. The number of piperidine rings is 1. The molecule has 0 aliphatic carbocycles. The van der Waals surface area contributed by atoms with E-state index in [0.29, 0.717) is 5.89 Å². The number of aromatic nitrogens is 3. The van der Waals surface area contributed by atoms with Gasteiger partial charge in [-0.1, -0.05) is 20.8 Å². The smallest absolute Gasteiger partial charge is 0.315 e. The van der Waals surface area contributed by atoms with E-state index in [9.17, 15) is 4.79 Å². The van der Waals surface area contributed by atoms with Crippen molar-refractivity contribution in [1.29, 1.82) is 0 Å². The highest BCUT2D eigenvalue weighted by atomic mass is 16.4. The van der Waals surface area contributed by atoms with Crippen molar-refractivity contribution >= 4 is 11.8 Å². The number of anilines is 1. The van der Waals surface area contributed by atoms with Gasteiger partial charge in [-0.15, -0.1) is 0 Å². The molecule has 8 nitrogen and oxygen atoms in total. The maximum atomic E-state index is 12.3. The first kappa shape index (κ1) is 19.3. The van der Waals surface area contributed by atoms with Crippen LogP contribution in [0.25, 0.3) is 0 Å². The number of nitrogens with zero attached hydrogens (tertiary/aromatic N) is 4. The lowest BCUT2D eigenvalue weighted by Crippen LogP contribution is -2.50. The Kier molecular flexibility index (Phi) is 5.43. The number of oxazole rings is 1. The van der Waals surface area contributed by atoms with E-state index in [-0.39, 0.29) is 24.0 Å². The Labute approximate surface area is 160 Å². The number of nitrogens with one attached hydrogen (secondary N) is 2. The number of hydrogen-bond acceptors (Lipinski definition) is 5. The predicted octanol–water partition coefficient (Wildman–Crippen LogP) is 2.48. The summed E-state index contributed by atoms with van der Waals surface area (Å²) in [5.74, 6) is 2.42. The molecule has 1 saturated heterocycles. The van der Waals surface area contributed by atoms with Crippen molar-refractivity contribution in [2.24, 2.45) is 7.05 Å². The molecule has 1 atom stereocenters. The van der Waals surface area contributed by atoms with Gasteiger partial charge in [-0.25, -0.2) is 9.78 Å². The number of hydrogen-bond donors (Lipinski definition) is 2. The molecule has 3 heterocycles. The molecular formula is C19H30N6O2. The van der Waals surface area contributed by atoms with Crippen LogP contribution >= 0.6 is 0 Å². The van der Waals surface area contributed by atoms with Crippen LogP contribution in [0.1, 0.15) is 51.0 Å². The maximum absolute atomic E-state index is 12.3. The Balaban J connectivity index is 1.50. The Morgan fingerprint density at radius 1 is 1.41 bits per heavy atom. The summed E-state index contributed by atoms with van der Waals surface area (Å²) in [5.41, 5.74) is 0.907. The van der Waals surface area contributed by atoms with E-state index in [1.165, 1.54) is 0 Å². The molecule has 2 amide bonds. The Morgan fingerprint density at radius 3 is 2.81 bits per heavy atom. The van der Waals surface area contributed by atoms with Crippen LogP contribution in [-0.4, -0.2) is 39.9 Å². The van der Waals surface area contributed by atoms with E-state index in [1.54, 1.807) is 6.20 Å². The minimum atomic E-state index is -0.196. The fourth-order valence-electron chi connectivity index (χ4n) is 3.33. The molecule has 1 aliphatic heterocycles. The van der Waals surface area contributed by atoms with Crippen molar-refractivity contribution < 1.29 is 9.21 Å². The average molecular weight is 374 g/mol. The highest BCUT2D eigenvalue weighted by Gasteiger charge is 2.24. The molecule has 0 radical (unpaired) electrons. The van der Waals surface area contributed by atoms with Crippen LogP contribution in [-0.2, 0) is 19.0 Å². The van der Waals surface area contributed by atoms with E-state index in [4.69, 9.17) is 4.42 Å². The molecule has 8 heteroatoms. The summed E-state index contributed by atoms with van der Waals surface area (Å²) in [6.45, 7) is 10.2. The molecule has 0 saturated carbocycles. The predicted molar refractivity (Wildman–Crippen MR) is 104 cm³/mol. The summed E-state index contributed by atoms with van der Waals surface area (Å²) in [4.78, 5) is 18.8. The van der Waals surface area contributed by atoms with Crippen molar-refractivity contribution in [2.45, 2.75) is 58.5 Å². The molecule has 0 aromatic carbocycles. The van der Waals surface area contributed by atoms with Crippen molar-refractivity contribution in [1.82, 2.24) is 25.4 Å². The minimum Gasteiger partial charge on any atom is -0.443 e. The van der Waals surface area contributed by atoms with Crippen LogP contribution in [0.5, 0.6) is 0 Å². The molecule has 27 heavy (non-hydrogen) atoms. The number of carbonyl (C=O) groups is 1. The van der Waals surface area contributed by atoms with Gasteiger partial charge in [-0.05, 0) is 19.8 Å². The molecule has 3 rings (SSSR count). The molecule has 0 spiro atoms. The van der Waals surface area contributed by atoms with Crippen molar-refractivity contribution in [2.75, 3.05) is 18.0 Å². The highest BCUT2D eigenvalue weighted by Crippen LogP contribution is 2.23. The zero-order chi connectivity index (χ0) is 19.6. The first-order valence-corrected chi connectivity index (χ1v) is 9.47. The lowest BCUT2D eigenvalue weighted by Gasteiger charge is -2.34. The molecule has 2 aromatic heterocycles. The Hall–Kier alpha value is -2.51. The number of aryl methyl sites for hydroxylation is 2. The van der Waals surface area contributed by atoms with Crippen molar-refractivity contribution in [3.8, 4) is 0 Å². The summed E-state index contributed by atoms with van der Waals surface area (Å²) in [7, 11) is 1.95. The largest absolute Gasteiger partial charge is 0.443 e. The Bertz CT molecular complexity index is 788. The fraction of sp³-hybridized carbons (Fsp3) is 0.632. The second-order valence-electron chi connectivity index (χ2n) is 8.25. The van der Waals surface area contributed by atoms with E-state index in [2.05, 4.69) is 52.5 Å². The number of urea groups is 1. The summed E-state index contributed by atoms with van der Waals surface area (Å²) in [6, 6.07) is 1.99. The first-order chi connectivity index (χ1) is 12.7. The van der Waals surface area contributed by atoms with Crippen LogP contribution in [0.4, 0.5) is 10.6 Å². The van der Waals surface area contributed by atoms with Gasteiger partial charge >= 0.3 is 6.03 Å². The van der Waals surface area contributed by atoms with E-state index in [1.807, 2.05) is 18.7 Å². The molecular weight excluding hydrogens is 344 g/mol. The van der Waals surface area contributed by atoms with Gasteiger partial charge in [0.25, 0.3) is 0 Å². The van der Waals surface area contributed by atoms with Crippen LogP contribution in [0, 0.1) is 6.92 Å². The topological polar surface area (TPSA) is 88.2 Å². The van der Waals surface area contributed by atoms with Crippen molar-refractivity contribution in [3.63, 3.8) is 0 Å². The van der Waals surface area contributed by atoms with Crippen LogP contribution < -0.4 is 15.5 Å². The summed E-state index contributed by atoms with van der Waals surface area (Å²) < 4.78 is 7.60. The molecule has 0 bridgehead atoms. The third kappa shape index (κ3) is 4.81. The van der Waals surface area contributed by atoms with Gasteiger partial charge in [-0.3, -0.25) is 4.68 Å². The van der Waals surface area contributed by atoms with Gasteiger partial charge in [0.15, 0.2) is 0 Å². The second kappa shape index (κ2) is 7.62. The third-order valence-corrected chi connectivity index (χ3v) is 4.75. The number of amides is 2. The van der Waals surface area contributed by atoms with Crippen LogP contribution in [0.15, 0.2) is 16.7 Å². The highest BCUT2D eigenvalue weighted by molar-refractivity contribution is 5.74. The monoisotopic (exact) mass is 374 g/mol. The summed E-state index contributed by atoms with van der Waals surface area (Å²) >= 11 is 0. The van der Waals surface area contributed by atoms with Gasteiger partial charge < -0.3 is 20.0 Å². The second-order valence-corrected chi connectivity index (χ2v) is 8.25. The molecule has 1 unspecified atom stereocenters. The summed E-state index contributed by atoms with van der Waals surface area (Å²) in [5, 5.41) is 10.3. The van der Waals surface area contributed by atoms with Gasteiger partial charge in [0.1, 0.15) is 11.6 Å². The third-order valence-electron chi connectivity index (χ3n) is 4.75. The van der Waals surface area contributed by atoms with E-state index in [0.717, 1.165) is 43.2 Å². The molecule has 1 fully saturated rings. The standard InChI is InChI=1S/C19H30N6O2/c1-13-9-17(24(5)23-13)25-8-6-7-14(12-25)22-18(26)21-11-16-20-10-15(27-16)19(2,3)4/h9-10,14H,6-8,11-12H2,1-5H3,(H2,21,22,26). The lowest BCUT2D eigenvalue weighted by atomic mass is 9.94. The first-order valence-electron chi connectivity index (χ1n) is 9.47. The zero-order valence-electron chi connectivity index (χ0n) is 16.9. The fourth-order valence-corrected chi connectivity index (χ4v) is 3.33. The quantitative estimate of drug-likeness (QED) is 0.858. The average Bonchev–Trinajstić information content (AvgIpc) is 3.19. The minimum absolute atomic E-state index is 0.0940. The maximum Gasteiger partial charge on any atom is 0.315 e. The van der Waals surface area contributed by atoms with E-state index >= 15 is 0 Å². The van der Waals surface area contributed by atoms with Gasteiger partial charge in [0.2, 0.25) is 5.89 Å². The van der Waals surface area contributed by atoms with E-state index < -0.39 is 0 Å². The normalized spacial score (nSPS) is 17.8. The molecule has 1 aliphatic rings. The van der Waals surface area contributed by atoms with Gasteiger partial charge in [0.05, 0.1) is 18.4 Å². The lowest BCUT2D eigenvalue weighted by molar-refractivity contribution is 0.233. The number of carbonyl (C=O) groups excluding carboxylic acids is 1. The summed E-state index contributed by atoms with van der Waals surface area (Å²) in [6.07, 6.45) is 3.72. The van der Waals surface area contributed by atoms with Gasteiger partial charge in [0, 0.05) is 37.7 Å². The van der Waals surface area contributed by atoms with Gasteiger partial charge in [-0.2, -0.15) is 5.10 Å². The SMILES string of the molecule is Cc1cc(N2CCCC(NC(=O)NCc3ncc(C(C)(C)C)o3)C2)n(C)n1. The van der Waals surface area contributed by atoms with Crippen LogP contribution in [0.3, 0.4) is 0 Å². The molecule has 2 N–H and O–H groups in total.